The summed E-state index contributed by atoms with van der Waals surface area (Å²) >= 11 is 0. The van der Waals surface area contributed by atoms with Gasteiger partial charge in [0.15, 0.2) is 0 Å². The SMILES string of the molecule is NC(CCc1cccc2cc[nH]c12)C(=O)O. The Morgan fingerprint density at radius 1 is 1.44 bits per heavy atom. The maximum absolute atomic E-state index is 10.6. The molecule has 4 nitrogen and oxygen atoms in total. The zero-order valence-electron chi connectivity index (χ0n) is 8.81. The highest BCUT2D eigenvalue weighted by molar-refractivity contribution is 5.82. The summed E-state index contributed by atoms with van der Waals surface area (Å²) in [6.07, 6.45) is 3.00. The van der Waals surface area contributed by atoms with E-state index in [2.05, 4.69) is 4.98 Å². The minimum Gasteiger partial charge on any atom is -0.480 e. The van der Waals surface area contributed by atoms with E-state index in [0.29, 0.717) is 12.8 Å². The van der Waals surface area contributed by atoms with E-state index in [0.717, 1.165) is 16.5 Å². The maximum Gasteiger partial charge on any atom is 0.320 e. The van der Waals surface area contributed by atoms with Crippen LogP contribution in [0, 0.1) is 0 Å². The number of fused-ring (bicyclic) bond motifs is 1. The highest BCUT2D eigenvalue weighted by Gasteiger charge is 2.12. The molecule has 1 unspecified atom stereocenters. The van der Waals surface area contributed by atoms with Gasteiger partial charge in [-0.3, -0.25) is 4.79 Å². The zero-order chi connectivity index (χ0) is 11.5. The number of nitrogens with one attached hydrogen (secondary N) is 1. The van der Waals surface area contributed by atoms with Crippen molar-refractivity contribution in [2.45, 2.75) is 18.9 Å². The molecule has 1 aromatic carbocycles. The third kappa shape index (κ3) is 2.06. The summed E-state index contributed by atoms with van der Waals surface area (Å²) in [6.45, 7) is 0. The molecule has 2 aromatic rings. The Labute approximate surface area is 93.1 Å². The van der Waals surface area contributed by atoms with Gasteiger partial charge < -0.3 is 15.8 Å². The maximum atomic E-state index is 10.6. The fraction of sp³-hybridized carbons (Fsp3) is 0.250. The molecule has 0 fully saturated rings. The normalized spacial score (nSPS) is 12.8. The van der Waals surface area contributed by atoms with Crippen LogP contribution in [0.3, 0.4) is 0 Å². The molecule has 0 saturated carbocycles. The molecular formula is C12H14N2O2. The van der Waals surface area contributed by atoms with Crippen molar-refractivity contribution in [1.82, 2.24) is 4.98 Å². The first-order valence-corrected chi connectivity index (χ1v) is 5.22. The van der Waals surface area contributed by atoms with Gasteiger partial charge in [-0.2, -0.15) is 0 Å². The fourth-order valence-corrected chi connectivity index (χ4v) is 1.79. The van der Waals surface area contributed by atoms with Gasteiger partial charge in [0.2, 0.25) is 0 Å². The van der Waals surface area contributed by atoms with E-state index in [9.17, 15) is 4.79 Å². The molecule has 1 aromatic heterocycles. The number of aliphatic carboxylic acids is 1. The summed E-state index contributed by atoms with van der Waals surface area (Å²) in [5.74, 6) is -0.946. The van der Waals surface area contributed by atoms with Crippen molar-refractivity contribution in [3.63, 3.8) is 0 Å². The average Bonchev–Trinajstić information content (AvgIpc) is 2.73. The first-order chi connectivity index (χ1) is 7.68. The van der Waals surface area contributed by atoms with E-state index in [1.165, 1.54) is 0 Å². The molecule has 0 saturated heterocycles. The highest BCUT2D eigenvalue weighted by atomic mass is 16.4. The Kier molecular flexibility index (Phi) is 2.92. The number of hydrogen-bond donors (Lipinski definition) is 3. The first-order valence-electron chi connectivity index (χ1n) is 5.22. The Hall–Kier alpha value is -1.81. The topological polar surface area (TPSA) is 79.1 Å². The van der Waals surface area contributed by atoms with E-state index in [4.69, 9.17) is 10.8 Å². The lowest BCUT2D eigenvalue weighted by molar-refractivity contribution is -0.138. The standard InChI is InChI=1S/C12H14N2O2/c13-10(12(15)16)5-4-8-2-1-3-9-6-7-14-11(8)9/h1-3,6-7,10,14H,4-5,13H2,(H,15,16). The number of carboxylic acid groups (broad SMARTS) is 1. The predicted octanol–water partition coefficient (Wildman–Crippen LogP) is 1.51. The molecule has 4 heteroatoms. The van der Waals surface area contributed by atoms with Gasteiger partial charge in [-0.15, -0.1) is 0 Å². The van der Waals surface area contributed by atoms with Gasteiger partial charge in [-0.25, -0.2) is 0 Å². The summed E-state index contributed by atoms with van der Waals surface area (Å²) in [6, 6.07) is 7.19. The second-order valence-electron chi connectivity index (χ2n) is 3.84. The Balaban J connectivity index is 2.15. The molecule has 1 atom stereocenters. The molecule has 0 aliphatic rings. The minimum atomic E-state index is -0.946. The van der Waals surface area contributed by atoms with Crippen molar-refractivity contribution in [2.75, 3.05) is 0 Å². The molecule has 16 heavy (non-hydrogen) atoms. The van der Waals surface area contributed by atoms with Crippen molar-refractivity contribution in [3.05, 3.63) is 36.0 Å². The third-order valence-corrected chi connectivity index (χ3v) is 2.72. The largest absolute Gasteiger partial charge is 0.480 e. The summed E-state index contributed by atoms with van der Waals surface area (Å²) < 4.78 is 0. The van der Waals surface area contributed by atoms with Gasteiger partial charge in [0.1, 0.15) is 6.04 Å². The van der Waals surface area contributed by atoms with E-state index < -0.39 is 12.0 Å². The first kappa shape index (κ1) is 10.7. The number of H-pyrrole nitrogens is 1. The summed E-state index contributed by atoms with van der Waals surface area (Å²) in [4.78, 5) is 13.8. The number of aromatic amines is 1. The van der Waals surface area contributed by atoms with Crippen LogP contribution in [0.4, 0.5) is 0 Å². The lowest BCUT2D eigenvalue weighted by Crippen LogP contribution is -2.30. The number of rotatable bonds is 4. The average molecular weight is 218 g/mol. The van der Waals surface area contributed by atoms with Crippen LogP contribution < -0.4 is 5.73 Å². The fourth-order valence-electron chi connectivity index (χ4n) is 1.79. The van der Waals surface area contributed by atoms with Crippen LogP contribution in [-0.4, -0.2) is 22.1 Å². The Morgan fingerprint density at radius 2 is 2.25 bits per heavy atom. The van der Waals surface area contributed by atoms with Crippen molar-refractivity contribution in [3.8, 4) is 0 Å². The van der Waals surface area contributed by atoms with Crippen LogP contribution in [-0.2, 0) is 11.2 Å². The van der Waals surface area contributed by atoms with Crippen molar-refractivity contribution in [1.29, 1.82) is 0 Å². The molecule has 0 aliphatic heterocycles. The lowest BCUT2D eigenvalue weighted by Gasteiger charge is -2.07. The van der Waals surface area contributed by atoms with E-state index >= 15 is 0 Å². The van der Waals surface area contributed by atoms with Crippen molar-refractivity contribution >= 4 is 16.9 Å². The van der Waals surface area contributed by atoms with Crippen LogP contribution in [0.1, 0.15) is 12.0 Å². The lowest BCUT2D eigenvalue weighted by atomic mass is 10.0. The zero-order valence-corrected chi connectivity index (χ0v) is 8.81. The van der Waals surface area contributed by atoms with Gasteiger partial charge in [0.05, 0.1) is 0 Å². The summed E-state index contributed by atoms with van der Waals surface area (Å²) in [5, 5.41) is 9.84. The van der Waals surface area contributed by atoms with E-state index in [1.54, 1.807) is 0 Å². The number of aryl methyl sites for hydroxylation is 1. The van der Waals surface area contributed by atoms with Crippen molar-refractivity contribution < 1.29 is 9.90 Å². The second kappa shape index (κ2) is 4.37. The van der Waals surface area contributed by atoms with Gasteiger partial charge >= 0.3 is 5.97 Å². The second-order valence-corrected chi connectivity index (χ2v) is 3.84. The van der Waals surface area contributed by atoms with E-state index in [1.807, 2.05) is 30.5 Å². The molecular weight excluding hydrogens is 204 g/mol. The molecule has 0 radical (unpaired) electrons. The number of hydrogen-bond acceptors (Lipinski definition) is 2. The monoisotopic (exact) mass is 218 g/mol. The quantitative estimate of drug-likeness (QED) is 0.727. The number of carbonyl (C=O) groups is 1. The molecule has 1 heterocycles. The van der Waals surface area contributed by atoms with Crippen molar-refractivity contribution in [2.24, 2.45) is 5.73 Å². The minimum absolute atomic E-state index is 0.452. The smallest absolute Gasteiger partial charge is 0.320 e. The van der Waals surface area contributed by atoms with Gasteiger partial charge in [0.25, 0.3) is 0 Å². The number of nitrogens with two attached hydrogens (primary N) is 1. The molecule has 2 rings (SSSR count). The predicted molar refractivity (Wildman–Crippen MR) is 62.2 cm³/mol. The van der Waals surface area contributed by atoms with Crippen LogP contribution >= 0.6 is 0 Å². The highest BCUT2D eigenvalue weighted by Crippen LogP contribution is 2.18. The number of carboxylic acids is 1. The van der Waals surface area contributed by atoms with Gasteiger partial charge in [-0.1, -0.05) is 18.2 Å². The molecule has 0 bridgehead atoms. The van der Waals surface area contributed by atoms with Crippen LogP contribution in [0.25, 0.3) is 10.9 Å². The molecule has 4 N–H and O–H groups in total. The number of para-hydroxylation sites is 1. The van der Waals surface area contributed by atoms with Crippen LogP contribution in [0.15, 0.2) is 30.5 Å². The molecule has 0 aliphatic carbocycles. The Morgan fingerprint density at radius 3 is 3.00 bits per heavy atom. The molecule has 0 spiro atoms. The Bertz CT molecular complexity index is 504. The molecule has 0 amide bonds. The van der Waals surface area contributed by atoms with E-state index in [-0.39, 0.29) is 0 Å². The van der Waals surface area contributed by atoms with Gasteiger partial charge in [-0.05, 0) is 29.9 Å². The molecule has 84 valence electrons. The van der Waals surface area contributed by atoms with Gasteiger partial charge in [0, 0.05) is 11.7 Å². The summed E-state index contributed by atoms with van der Waals surface area (Å²) in [7, 11) is 0. The number of aromatic nitrogens is 1. The number of benzene rings is 1. The van der Waals surface area contributed by atoms with Crippen LogP contribution in [0.2, 0.25) is 0 Å². The third-order valence-electron chi connectivity index (χ3n) is 2.72. The summed E-state index contributed by atoms with van der Waals surface area (Å²) in [5.41, 5.74) is 7.65. The van der Waals surface area contributed by atoms with Crippen LogP contribution in [0.5, 0.6) is 0 Å².